The van der Waals surface area contributed by atoms with Crippen LogP contribution >= 0.6 is 0 Å². The van der Waals surface area contributed by atoms with Gasteiger partial charge in [0, 0.05) is 37.8 Å². The van der Waals surface area contributed by atoms with E-state index in [9.17, 15) is 14.4 Å². The highest BCUT2D eigenvalue weighted by molar-refractivity contribution is 6.21. The van der Waals surface area contributed by atoms with E-state index in [1.165, 1.54) is 4.90 Å². The molecule has 0 atom stereocenters. The van der Waals surface area contributed by atoms with E-state index in [1.54, 1.807) is 24.3 Å². The van der Waals surface area contributed by atoms with Gasteiger partial charge in [-0.15, -0.1) is 0 Å². The van der Waals surface area contributed by atoms with Crippen LogP contribution in [0.3, 0.4) is 0 Å². The quantitative estimate of drug-likeness (QED) is 0.628. The first-order valence-electron chi connectivity index (χ1n) is 9.70. The molecule has 1 aromatic carbocycles. The minimum absolute atomic E-state index is 0.0958. The predicted octanol–water partition coefficient (Wildman–Crippen LogP) is 2.38. The minimum atomic E-state index is -0.284. The molecule has 0 unspecified atom stereocenters. The van der Waals surface area contributed by atoms with Crippen LogP contribution in [0.4, 0.5) is 0 Å². The number of imidazole rings is 1. The summed E-state index contributed by atoms with van der Waals surface area (Å²) in [6.45, 7) is 2.76. The Morgan fingerprint density at radius 3 is 2.45 bits per heavy atom. The van der Waals surface area contributed by atoms with Gasteiger partial charge in [-0.05, 0) is 37.6 Å². The Bertz CT molecular complexity index is 1070. The summed E-state index contributed by atoms with van der Waals surface area (Å²) >= 11 is 0. The number of hydrogen-bond donors (Lipinski definition) is 1. The maximum absolute atomic E-state index is 12.3. The second-order valence-corrected chi connectivity index (χ2v) is 7.14. The molecule has 0 saturated carbocycles. The molecule has 1 aliphatic rings. The molecule has 0 aliphatic carbocycles. The molecule has 7 nitrogen and oxygen atoms in total. The number of hydrogen-bond acceptors (Lipinski definition) is 4. The van der Waals surface area contributed by atoms with Gasteiger partial charge in [-0.3, -0.25) is 19.3 Å². The van der Waals surface area contributed by atoms with Crippen molar-refractivity contribution in [3.8, 4) is 0 Å². The number of nitrogens with one attached hydrogen (secondary N) is 1. The normalized spacial score (nSPS) is 13.2. The Balaban J connectivity index is 1.22. The van der Waals surface area contributed by atoms with Crippen molar-refractivity contribution in [2.75, 3.05) is 13.1 Å². The van der Waals surface area contributed by atoms with E-state index < -0.39 is 0 Å². The van der Waals surface area contributed by atoms with Crippen LogP contribution in [-0.4, -0.2) is 45.1 Å². The topological polar surface area (TPSA) is 83.8 Å². The number of imide groups is 1. The van der Waals surface area contributed by atoms with Crippen LogP contribution in [0.5, 0.6) is 0 Å². The average molecular weight is 390 g/mol. The molecule has 0 bridgehead atoms. The molecular weight excluding hydrogens is 368 g/mol. The Labute approximate surface area is 168 Å². The minimum Gasteiger partial charge on any atom is -0.356 e. The van der Waals surface area contributed by atoms with Gasteiger partial charge in [0.2, 0.25) is 5.91 Å². The second-order valence-electron chi connectivity index (χ2n) is 7.14. The molecule has 0 spiro atoms. The van der Waals surface area contributed by atoms with Crippen LogP contribution in [-0.2, 0) is 11.2 Å². The standard InChI is InChI=1S/C22H22N4O3/c1-15-6-4-9-19-24-16(14-26(15)19)11-12-23-20(27)10-5-13-25-21(28)17-7-2-3-8-18(17)22(25)29/h2-4,6-9,14H,5,10-13H2,1H3,(H,23,27). The van der Waals surface area contributed by atoms with Gasteiger partial charge < -0.3 is 9.72 Å². The van der Waals surface area contributed by atoms with Crippen molar-refractivity contribution in [3.05, 3.63) is 71.2 Å². The summed E-state index contributed by atoms with van der Waals surface area (Å²) in [5, 5.41) is 2.88. The fraction of sp³-hybridized carbons (Fsp3) is 0.273. The molecule has 0 fully saturated rings. The molecule has 3 heterocycles. The van der Waals surface area contributed by atoms with Gasteiger partial charge >= 0.3 is 0 Å². The Morgan fingerprint density at radius 1 is 1.03 bits per heavy atom. The molecule has 7 heteroatoms. The van der Waals surface area contributed by atoms with Crippen molar-refractivity contribution >= 4 is 23.4 Å². The molecule has 148 valence electrons. The van der Waals surface area contributed by atoms with E-state index in [0.717, 1.165) is 17.0 Å². The van der Waals surface area contributed by atoms with Gasteiger partial charge in [0.25, 0.3) is 11.8 Å². The van der Waals surface area contributed by atoms with Crippen LogP contribution in [0.1, 0.15) is 44.9 Å². The third kappa shape index (κ3) is 3.76. The van der Waals surface area contributed by atoms with Crippen molar-refractivity contribution in [2.45, 2.75) is 26.2 Å². The summed E-state index contributed by atoms with van der Waals surface area (Å²) in [5.41, 5.74) is 3.80. The molecular formula is C22H22N4O3. The van der Waals surface area contributed by atoms with Gasteiger partial charge in [0.15, 0.2) is 0 Å². The van der Waals surface area contributed by atoms with Gasteiger partial charge in [0.1, 0.15) is 5.65 Å². The van der Waals surface area contributed by atoms with E-state index in [-0.39, 0.29) is 30.7 Å². The van der Waals surface area contributed by atoms with Crippen LogP contribution in [0.25, 0.3) is 5.65 Å². The zero-order chi connectivity index (χ0) is 20.4. The lowest BCUT2D eigenvalue weighted by Gasteiger charge is -2.13. The number of carbonyl (C=O) groups excluding carboxylic acids is 3. The highest BCUT2D eigenvalue weighted by Gasteiger charge is 2.34. The van der Waals surface area contributed by atoms with Gasteiger partial charge in [-0.2, -0.15) is 0 Å². The zero-order valence-corrected chi connectivity index (χ0v) is 16.2. The maximum atomic E-state index is 12.3. The molecule has 1 N–H and O–H groups in total. The Morgan fingerprint density at radius 2 is 1.76 bits per heavy atom. The molecule has 4 rings (SSSR count). The number of benzene rings is 1. The number of amides is 3. The van der Waals surface area contributed by atoms with Crippen LogP contribution in [0.2, 0.25) is 0 Å². The maximum Gasteiger partial charge on any atom is 0.261 e. The molecule has 0 saturated heterocycles. The number of nitrogens with zero attached hydrogens (tertiary/aromatic N) is 3. The first-order valence-corrected chi connectivity index (χ1v) is 9.70. The SMILES string of the molecule is Cc1cccc2nc(CCNC(=O)CCCN3C(=O)c4ccccc4C3=O)cn12. The zero-order valence-electron chi connectivity index (χ0n) is 16.2. The lowest BCUT2D eigenvalue weighted by molar-refractivity contribution is -0.121. The van der Waals surface area contributed by atoms with Crippen LogP contribution in [0, 0.1) is 6.92 Å². The summed E-state index contributed by atoms with van der Waals surface area (Å²) < 4.78 is 2.03. The third-order valence-corrected chi connectivity index (χ3v) is 5.11. The van der Waals surface area contributed by atoms with Crippen molar-refractivity contribution < 1.29 is 14.4 Å². The summed E-state index contributed by atoms with van der Waals surface area (Å²) in [7, 11) is 0. The number of fused-ring (bicyclic) bond motifs is 2. The van der Waals surface area contributed by atoms with Crippen molar-refractivity contribution in [1.29, 1.82) is 0 Å². The van der Waals surface area contributed by atoms with E-state index in [1.807, 2.05) is 35.7 Å². The van der Waals surface area contributed by atoms with Gasteiger partial charge in [-0.25, -0.2) is 4.98 Å². The average Bonchev–Trinajstić information content (AvgIpc) is 3.24. The third-order valence-electron chi connectivity index (χ3n) is 5.11. The molecule has 0 radical (unpaired) electrons. The molecule has 2 aromatic heterocycles. The van der Waals surface area contributed by atoms with E-state index in [4.69, 9.17) is 0 Å². The van der Waals surface area contributed by atoms with Crippen LogP contribution < -0.4 is 5.32 Å². The highest BCUT2D eigenvalue weighted by Crippen LogP contribution is 2.22. The Kier molecular flexibility index (Phi) is 5.12. The number of pyridine rings is 1. The van der Waals surface area contributed by atoms with Gasteiger partial charge in [0.05, 0.1) is 16.8 Å². The number of aromatic nitrogens is 2. The lowest BCUT2D eigenvalue weighted by Crippen LogP contribution is -2.32. The fourth-order valence-corrected chi connectivity index (χ4v) is 3.58. The smallest absolute Gasteiger partial charge is 0.261 e. The fourth-order valence-electron chi connectivity index (χ4n) is 3.58. The van der Waals surface area contributed by atoms with Crippen molar-refractivity contribution in [2.24, 2.45) is 0 Å². The first kappa shape index (κ1) is 18.9. The van der Waals surface area contributed by atoms with Crippen molar-refractivity contribution in [1.82, 2.24) is 19.6 Å². The summed E-state index contributed by atoms with van der Waals surface area (Å²) in [4.78, 5) is 42.5. The number of aryl methyl sites for hydroxylation is 1. The largest absolute Gasteiger partial charge is 0.356 e. The van der Waals surface area contributed by atoms with Crippen molar-refractivity contribution in [3.63, 3.8) is 0 Å². The molecule has 3 amide bonds. The Hall–Kier alpha value is -3.48. The van der Waals surface area contributed by atoms with Gasteiger partial charge in [-0.1, -0.05) is 18.2 Å². The summed E-state index contributed by atoms with van der Waals surface area (Å²) in [6, 6.07) is 12.7. The molecule has 3 aromatic rings. The summed E-state index contributed by atoms with van der Waals surface area (Å²) in [5.74, 6) is -0.664. The highest BCUT2D eigenvalue weighted by atomic mass is 16.2. The second kappa shape index (κ2) is 7.87. The number of rotatable bonds is 7. The molecule has 29 heavy (non-hydrogen) atoms. The lowest BCUT2D eigenvalue weighted by atomic mass is 10.1. The van der Waals surface area contributed by atoms with E-state index >= 15 is 0 Å². The first-order chi connectivity index (χ1) is 14.0. The monoisotopic (exact) mass is 390 g/mol. The van der Waals surface area contributed by atoms with Crippen LogP contribution in [0.15, 0.2) is 48.7 Å². The van der Waals surface area contributed by atoms with E-state index in [0.29, 0.717) is 30.5 Å². The molecule has 1 aliphatic heterocycles. The number of carbonyl (C=O) groups is 3. The summed E-state index contributed by atoms with van der Waals surface area (Å²) in [6.07, 6.45) is 3.33. The predicted molar refractivity (Wildman–Crippen MR) is 108 cm³/mol. The van der Waals surface area contributed by atoms with E-state index in [2.05, 4.69) is 10.3 Å².